The highest BCUT2D eigenvalue weighted by molar-refractivity contribution is 7.00. The summed E-state index contributed by atoms with van der Waals surface area (Å²) < 4.78 is 11.2. The fourth-order valence-electron chi connectivity index (χ4n) is 4.90. The van der Waals surface area contributed by atoms with Crippen LogP contribution in [-0.2, 0) is 7.05 Å². The van der Waals surface area contributed by atoms with E-state index in [2.05, 4.69) is 136 Å². The molecule has 0 aliphatic heterocycles. The summed E-state index contributed by atoms with van der Waals surface area (Å²) in [6.45, 7) is 9.04. The number of aromatic nitrogens is 1. The highest BCUT2D eigenvalue weighted by Gasteiger charge is 2.27. The minimum Gasteiger partial charge on any atom is -0.198 e. The second kappa shape index (κ2) is 8.70. The number of rotatable bonds is 4. The molecular weight excluding hydrogens is 426 g/mol. The molecule has 1 aromatic heterocycles. The van der Waals surface area contributed by atoms with Gasteiger partial charge in [0, 0.05) is 13.0 Å². The average Bonchev–Trinajstić information content (AvgIpc) is 2.89. The van der Waals surface area contributed by atoms with Crippen molar-refractivity contribution in [3.05, 3.63) is 114 Å². The van der Waals surface area contributed by atoms with Gasteiger partial charge in [-0.05, 0) is 41.1 Å². The topological polar surface area (TPSA) is 3.88 Å². The fourth-order valence-corrected chi connectivity index (χ4v) is 7.27. The number of aryl methyl sites for hydroxylation is 1. The zero-order valence-corrected chi connectivity index (χ0v) is 21.7. The van der Waals surface area contributed by atoms with Gasteiger partial charge in [-0.3, -0.25) is 0 Å². The van der Waals surface area contributed by atoms with E-state index in [-0.39, 0.29) is 0 Å². The maximum atomic E-state index is 9.02. The average molecular weight is 460 g/mol. The molecule has 4 aromatic carbocycles. The third-order valence-corrected chi connectivity index (χ3v) is 10.8. The van der Waals surface area contributed by atoms with Crippen molar-refractivity contribution in [2.75, 3.05) is 0 Å². The van der Waals surface area contributed by atoms with Crippen LogP contribution in [0.3, 0.4) is 0 Å². The largest absolute Gasteiger partial charge is 0.220 e. The Labute approximate surface area is 205 Å². The molecule has 5 rings (SSSR count). The summed E-state index contributed by atoms with van der Waals surface area (Å²) in [5.41, 5.74) is 7.03. The molecule has 0 aliphatic carbocycles. The van der Waals surface area contributed by atoms with Gasteiger partial charge in [-0.2, -0.15) is 4.57 Å². The van der Waals surface area contributed by atoms with Gasteiger partial charge < -0.3 is 0 Å². The molecule has 0 bridgehead atoms. The van der Waals surface area contributed by atoms with E-state index >= 15 is 0 Å². The molecule has 0 saturated carbocycles. The van der Waals surface area contributed by atoms with E-state index in [4.69, 9.17) is 1.37 Å². The summed E-state index contributed by atoms with van der Waals surface area (Å²) in [6.07, 6.45) is 0. The van der Waals surface area contributed by atoms with Gasteiger partial charge in [-0.15, -0.1) is 0 Å². The van der Waals surface area contributed by atoms with Gasteiger partial charge in [-0.25, -0.2) is 0 Å². The molecule has 1 nitrogen and oxygen atoms in total. The first-order valence-corrected chi connectivity index (χ1v) is 14.9. The van der Waals surface area contributed by atoms with Gasteiger partial charge in [0.15, 0.2) is 5.69 Å². The molecule has 1 heterocycles. The summed E-state index contributed by atoms with van der Waals surface area (Å²) in [7, 11) is 0.213. The molecular formula is C32H32NSi+. The summed E-state index contributed by atoms with van der Waals surface area (Å²) in [5, 5.41) is 4.95. The second-order valence-electron chi connectivity index (χ2n) is 9.77. The lowest BCUT2D eigenvalue weighted by Crippen LogP contribution is -2.52. The van der Waals surface area contributed by atoms with Gasteiger partial charge in [-0.1, -0.05) is 108 Å². The lowest BCUT2D eigenvalue weighted by molar-refractivity contribution is -0.665. The Morgan fingerprint density at radius 2 is 1.38 bits per heavy atom. The predicted molar refractivity (Wildman–Crippen MR) is 149 cm³/mol. The molecule has 5 aromatic rings. The molecule has 168 valence electrons. The van der Waals surface area contributed by atoms with Gasteiger partial charge in [0.2, 0.25) is 5.69 Å². The summed E-state index contributed by atoms with van der Waals surface area (Å²) in [5.74, 6) is 0. The highest BCUT2D eigenvalue weighted by atomic mass is 28.3. The van der Waals surface area contributed by atoms with Crippen molar-refractivity contribution in [2.24, 2.45) is 7.05 Å². The van der Waals surface area contributed by atoms with E-state index in [1.807, 2.05) is 0 Å². The first-order valence-electron chi connectivity index (χ1n) is 12.4. The van der Waals surface area contributed by atoms with E-state index in [0.29, 0.717) is 6.04 Å². The van der Waals surface area contributed by atoms with Gasteiger partial charge in [0.25, 0.3) is 0 Å². The van der Waals surface area contributed by atoms with E-state index in [0.717, 1.165) is 16.5 Å². The standard InChI is InChI=1S/C32H32NSi/c1-23-16-17-26(25-12-8-6-9-13-25)22-31(23)32-30-19-18-29(21-27(30)20-24(2)33(32)3)34(4,5)28-14-10-7-11-15-28/h6-22H,1-5H3/q+1/i20D. The van der Waals surface area contributed by atoms with Crippen LogP contribution in [0.4, 0.5) is 0 Å². The molecule has 0 aliphatic rings. The van der Waals surface area contributed by atoms with Crippen LogP contribution in [0.25, 0.3) is 33.2 Å². The van der Waals surface area contributed by atoms with Crippen molar-refractivity contribution in [3.8, 4) is 22.4 Å². The molecule has 0 radical (unpaired) electrons. The zero-order chi connectivity index (χ0) is 24.7. The lowest BCUT2D eigenvalue weighted by Gasteiger charge is -2.24. The van der Waals surface area contributed by atoms with Crippen molar-refractivity contribution >= 4 is 29.2 Å². The number of pyridine rings is 1. The highest BCUT2D eigenvalue weighted by Crippen LogP contribution is 2.32. The molecule has 0 atom stereocenters. The van der Waals surface area contributed by atoms with Crippen molar-refractivity contribution in [2.45, 2.75) is 26.9 Å². The number of fused-ring (bicyclic) bond motifs is 1. The minimum atomic E-state index is -1.88. The fraction of sp³-hybridized carbons (Fsp3) is 0.156. The molecule has 0 unspecified atom stereocenters. The van der Waals surface area contributed by atoms with E-state index in [1.54, 1.807) is 0 Å². The number of nitrogens with zero attached hydrogens (tertiary/aromatic N) is 1. The molecule has 0 amide bonds. The van der Waals surface area contributed by atoms with Crippen LogP contribution >= 0.6 is 0 Å². The Morgan fingerprint density at radius 1 is 0.706 bits per heavy atom. The zero-order valence-electron chi connectivity index (χ0n) is 21.7. The molecule has 0 spiro atoms. The Morgan fingerprint density at radius 3 is 2.09 bits per heavy atom. The van der Waals surface area contributed by atoms with Crippen LogP contribution in [0.1, 0.15) is 12.6 Å². The number of hydrogen-bond acceptors (Lipinski definition) is 0. The van der Waals surface area contributed by atoms with Crippen molar-refractivity contribution < 1.29 is 5.94 Å². The molecule has 0 N–H and O–H groups in total. The SMILES string of the molecule is [2H]c1c(C)[n+](C)c(-c2cc(-c3ccccc3)ccc2C)c2ccc([Si](C)(C)c3ccccc3)cc12. The smallest absolute Gasteiger partial charge is 0.198 e. The van der Waals surface area contributed by atoms with Crippen LogP contribution in [0.5, 0.6) is 0 Å². The Balaban J connectivity index is 1.75. The van der Waals surface area contributed by atoms with Crippen molar-refractivity contribution in [1.29, 1.82) is 0 Å². The monoisotopic (exact) mass is 459 g/mol. The van der Waals surface area contributed by atoms with Crippen LogP contribution in [0.2, 0.25) is 13.1 Å². The normalized spacial score (nSPS) is 12.1. The molecule has 34 heavy (non-hydrogen) atoms. The Bertz CT molecular complexity index is 1540. The summed E-state index contributed by atoms with van der Waals surface area (Å²) >= 11 is 0. The van der Waals surface area contributed by atoms with Gasteiger partial charge in [0.1, 0.15) is 15.1 Å². The van der Waals surface area contributed by atoms with Gasteiger partial charge >= 0.3 is 0 Å². The van der Waals surface area contributed by atoms with Crippen molar-refractivity contribution in [3.63, 3.8) is 0 Å². The van der Waals surface area contributed by atoms with E-state index < -0.39 is 8.07 Å². The van der Waals surface area contributed by atoms with E-state index in [9.17, 15) is 0 Å². The Kier molecular flexibility index (Phi) is 5.39. The third-order valence-electron chi connectivity index (χ3n) is 7.25. The predicted octanol–water partition coefficient (Wildman–Crippen LogP) is 6.44. The van der Waals surface area contributed by atoms with E-state index in [1.165, 1.54) is 38.3 Å². The molecule has 0 saturated heterocycles. The van der Waals surface area contributed by atoms with Crippen molar-refractivity contribution in [1.82, 2.24) is 0 Å². The van der Waals surface area contributed by atoms with Crippen LogP contribution in [-0.4, -0.2) is 8.07 Å². The number of benzene rings is 4. The summed E-state index contributed by atoms with van der Waals surface area (Å²) in [4.78, 5) is 0. The maximum absolute atomic E-state index is 9.02. The minimum absolute atomic E-state index is 0.614. The van der Waals surface area contributed by atoms with Crippen LogP contribution in [0.15, 0.2) is 103 Å². The van der Waals surface area contributed by atoms with Crippen LogP contribution in [0, 0.1) is 13.8 Å². The van der Waals surface area contributed by atoms with Crippen LogP contribution < -0.4 is 14.9 Å². The second-order valence-corrected chi connectivity index (χ2v) is 14.2. The molecule has 2 heteroatoms. The maximum Gasteiger partial charge on any atom is 0.220 e. The lowest BCUT2D eigenvalue weighted by atomic mass is 9.94. The quantitative estimate of drug-likeness (QED) is 0.215. The third kappa shape index (κ3) is 3.89. The Hall–Kier alpha value is -3.49. The molecule has 0 fully saturated rings. The van der Waals surface area contributed by atoms with Gasteiger partial charge in [0.05, 0.1) is 12.3 Å². The number of hydrogen-bond donors (Lipinski definition) is 0. The first kappa shape index (κ1) is 21.1. The first-order chi connectivity index (χ1) is 16.8. The summed E-state index contributed by atoms with van der Waals surface area (Å²) in [6, 6.07) is 35.6.